The highest BCUT2D eigenvalue weighted by Crippen LogP contribution is 2.38. The Hall–Kier alpha value is -2.93. The molecule has 1 amide bonds. The molecule has 1 aromatic carbocycles. The van der Waals surface area contributed by atoms with Crippen molar-refractivity contribution in [1.29, 1.82) is 0 Å². The smallest absolute Gasteiger partial charge is 0.228 e. The molecular formula is C21H20N2O2. The summed E-state index contributed by atoms with van der Waals surface area (Å²) < 4.78 is 0. The maximum atomic E-state index is 12.0. The minimum absolute atomic E-state index is 0.0447. The fourth-order valence-electron chi connectivity index (χ4n) is 2.66. The summed E-state index contributed by atoms with van der Waals surface area (Å²) in [6, 6.07) is 7.35. The van der Waals surface area contributed by atoms with Gasteiger partial charge in [-0.05, 0) is 49.4 Å². The van der Waals surface area contributed by atoms with Crippen LogP contribution in [0.15, 0.2) is 30.5 Å². The van der Waals surface area contributed by atoms with Crippen LogP contribution >= 0.6 is 0 Å². The summed E-state index contributed by atoms with van der Waals surface area (Å²) in [5.41, 5.74) is 4.10. The van der Waals surface area contributed by atoms with Gasteiger partial charge in [0, 0.05) is 28.8 Å². The average molecular weight is 332 g/mol. The van der Waals surface area contributed by atoms with Crippen LogP contribution in [-0.4, -0.2) is 17.2 Å². The van der Waals surface area contributed by atoms with Crippen molar-refractivity contribution < 1.29 is 9.59 Å². The number of aldehydes is 1. The molecule has 2 atom stereocenters. The number of carbonyl (C=O) groups is 2. The van der Waals surface area contributed by atoms with E-state index in [9.17, 15) is 9.59 Å². The van der Waals surface area contributed by atoms with Crippen molar-refractivity contribution in [2.45, 2.75) is 27.2 Å². The van der Waals surface area contributed by atoms with Crippen molar-refractivity contribution in [1.82, 2.24) is 4.98 Å². The standard InChI is InChI=1S/C21H20N2O2/c1-13-4-5-17(12-24)10-18(13)7-6-16-8-15(3)20(22-11-16)23-21(25)19-9-14(19)2/h4-5,8,10-12,14,19H,9H2,1-3H3,(H,22,23,25). The third-order valence-electron chi connectivity index (χ3n) is 4.51. The number of hydrogen-bond acceptors (Lipinski definition) is 3. The van der Waals surface area contributed by atoms with Gasteiger partial charge in [0.2, 0.25) is 5.91 Å². The molecule has 1 saturated carbocycles. The number of nitrogens with one attached hydrogen (secondary N) is 1. The number of benzene rings is 1. The van der Waals surface area contributed by atoms with Crippen molar-refractivity contribution in [2.75, 3.05) is 5.32 Å². The zero-order chi connectivity index (χ0) is 18.0. The largest absolute Gasteiger partial charge is 0.310 e. The molecule has 1 fully saturated rings. The zero-order valence-electron chi connectivity index (χ0n) is 14.6. The van der Waals surface area contributed by atoms with E-state index in [4.69, 9.17) is 0 Å². The number of carbonyl (C=O) groups excluding carboxylic acids is 2. The average Bonchev–Trinajstić information content (AvgIpc) is 3.33. The number of rotatable bonds is 3. The number of aryl methyl sites for hydroxylation is 2. The van der Waals surface area contributed by atoms with Crippen molar-refractivity contribution in [2.24, 2.45) is 11.8 Å². The first-order valence-electron chi connectivity index (χ1n) is 8.33. The van der Waals surface area contributed by atoms with Gasteiger partial charge in [-0.15, -0.1) is 0 Å². The molecule has 4 nitrogen and oxygen atoms in total. The van der Waals surface area contributed by atoms with Crippen LogP contribution in [0.1, 0.15) is 46.0 Å². The zero-order valence-corrected chi connectivity index (χ0v) is 14.6. The second kappa shape index (κ2) is 6.90. The summed E-state index contributed by atoms with van der Waals surface area (Å²) in [6.07, 6.45) is 3.42. The van der Waals surface area contributed by atoms with Crippen LogP contribution in [0, 0.1) is 37.5 Å². The van der Waals surface area contributed by atoms with Gasteiger partial charge >= 0.3 is 0 Å². The molecule has 1 heterocycles. The Morgan fingerprint density at radius 1 is 1.24 bits per heavy atom. The molecule has 2 unspecified atom stereocenters. The monoisotopic (exact) mass is 332 g/mol. The first kappa shape index (κ1) is 16.9. The molecule has 0 aliphatic heterocycles. The Balaban J connectivity index is 1.78. The van der Waals surface area contributed by atoms with Gasteiger partial charge < -0.3 is 5.32 Å². The van der Waals surface area contributed by atoms with Crippen LogP contribution in [-0.2, 0) is 4.79 Å². The first-order chi connectivity index (χ1) is 12.0. The highest BCUT2D eigenvalue weighted by Gasteiger charge is 2.39. The molecule has 1 N–H and O–H groups in total. The molecule has 126 valence electrons. The van der Waals surface area contributed by atoms with Crippen LogP contribution in [0.3, 0.4) is 0 Å². The van der Waals surface area contributed by atoms with Gasteiger partial charge in [-0.1, -0.05) is 30.9 Å². The van der Waals surface area contributed by atoms with Gasteiger partial charge in [0.1, 0.15) is 12.1 Å². The number of hydrogen-bond donors (Lipinski definition) is 1. The minimum Gasteiger partial charge on any atom is -0.310 e. The van der Waals surface area contributed by atoms with E-state index in [1.165, 1.54) is 0 Å². The molecular weight excluding hydrogens is 312 g/mol. The Morgan fingerprint density at radius 2 is 2.00 bits per heavy atom. The summed E-state index contributed by atoms with van der Waals surface area (Å²) in [7, 11) is 0. The van der Waals surface area contributed by atoms with E-state index in [-0.39, 0.29) is 11.8 Å². The lowest BCUT2D eigenvalue weighted by Gasteiger charge is -2.07. The predicted octanol–water partition coefficient (Wildman–Crippen LogP) is 3.51. The number of nitrogens with zero attached hydrogens (tertiary/aromatic N) is 1. The van der Waals surface area contributed by atoms with Gasteiger partial charge in [0.05, 0.1) is 0 Å². The number of aromatic nitrogens is 1. The summed E-state index contributed by atoms with van der Waals surface area (Å²) >= 11 is 0. The number of pyridine rings is 1. The molecule has 2 aromatic rings. The van der Waals surface area contributed by atoms with Gasteiger partial charge in [-0.3, -0.25) is 9.59 Å². The lowest BCUT2D eigenvalue weighted by atomic mass is 10.1. The van der Waals surface area contributed by atoms with Crippen molar-refractivity contribution in [3.63, 3.8) is 0 Å². The quantitative estimate of drug-likeness (QED) is 0.691. The van der Waals surface area contributed by atoms with Crippen LogP contribution < -0.4 is 5.32 Å². The molecule has 4 heteroatoms. The van der Waals surface area contributed by atoms with E-state index < -0.39 is 0 Å². The van der Waals surface area contributed by atoms with Crippen molar-refractivity contribution in [3.8, 4) is 11.8 Å². The SMILES string of the molecule is Cc1ccc(C=O)cc1C#Cc1cnc(NC(=O)C2CC2C)c(C)c1. The molecule has 1 aliphatic rings. The molecule has 0 bridgehead atoms. The van der Waals surface area contributed by atoms with E-state index in [1.807, 2.05) is 26.0 Å². The van der Waals surface area contributed by atoms with Crippen LogP contribution in [0.25, 0.3) is 0 Å². The topological polar surface area (TPSA) is 59.1 Å². The maximum absolute atomic E-state index is 12.0. The van der Waals surface area contributed by atoms with Crippen LogP contribution in [0.5, 0.6) is 0 Å². The fraction of sp³-hybridized carbons (Fsp3) is 0.286. The number of anilines is 1. The van der Waals surface area contributed by atoms with Gasteiger partial charge in [0.15, 0.2) is 0 Å². The van der Waals surface area contributed by atoms with E-state index in [2.05, 4.69) is 29.1 Å². The van der Waals surface area contributed by atoms with Crippen LogP contribution in [0.4, 0.5) is 5.82 Å². The first-order valence-corrected chi connectivity index (χ1v) is 8.33. The van der Waals surface area contributed by atoms with E-state index in [0.717, 1.165) is 35.0 Å². The molecule has 0 radical (unpaired) electrons. The van der Waals surface area contributed by atoms with Gasteiger partial charge in [-0.25, -0.2) is 4.98 Å². The Labute approximate surface area is 147 Å². The van der Waals surface area contributed by atoms with Crippen LogP contribution in [0.2, 0.25) is 0 Å². The molecule has 0 saturated heterocycles. The summed E-state index contributed by atoms with van der Waals surface area (Å²) in [6.45, 7) is 5.94. The third kappa shape index (κ3) is 3.95. The lowest BCUT2D eigenvalue weighted by molar-refractivity contribution is -0.117. The predicted molar refractivity (Wildman–Crippen MR) is 97.4 cm³/mol. The second-order valence-corrected chi connectivity index (χ2v) is 6.64. The third-order valence-corrected chi connectivity index (χ3v) is 4.51. The molecule has 3 rings (SSSR count). The molecule has 1 aromatic heterocycles. The molecule has 1 aliphatic carbocycles. The lowest BCUT2D eigenvalue weighted by Crippen LogP contribution is -2.16. The van der Waals surface area contributed by atoms with E-state index >= 15 is 0 Å². The van der Waals surface area contributed by atoms with Crippen molar-refractivity contribution >= 4 is 18.0 Å². The summed E-state index contributed by atoms with van der Waals surface area (Å²) in [4.78, 5) is 27.2. The van der Waals surface area contributed by atoms with Crippen molar-refractivity contribution in [3.05, 3.63) is 58.3 Å². The summed E-state index contributed by atoms with van der Waals surface area (Å²) in [5, 5.41) is 2.89. The highest BCUT2D eigenvalue weighted by atomic mass is 16.2. The van der Waals surface area contributed by atoms with E-state index in [1.54, 1.807) is 18.3 Å². The minimum atomic E-state index is 0.0447. The molecule has 25 heavy (non-hydrogen) atoms. The Bertz CT molecular complexity index is 906. The normalized spacial score (nSPS) is 18.0. The highest BCUT2D eigenvalue weighted by molar-refractivity contribution is 5.94. The summed E-state index contributed by atoms with van der Waals surface area (Å²) in [5.74, 6) is 7.39. The Kier molecular flexibility index (Phi) is 4.67. The fourth-order valence-corrected chi connectivity index (χ4v) is 2.66. The number of amides is 1. The maximum Gasteiger partial charge on any atom is 0.228 e. The second-order valence-electron chi connectivity index (χ2n) is 6.64. The Morgan fingerprint density at radius 3 is 2.64 bits per heavy atom. The van der Waals surface area contributed by atoms with Gasteiger partial charge in [0.25, 0.3) is 0 Å². The van der Waals surface area contributed by atoms with E-state index in [0.29, 0.717) is 17.3 Å². The molecule has 0 spiro atoms. The van der Waals surface area contributed by atoms with Gasteiger partial charge in [-0.2, -0.15) is 0 Å².